The first-order chi connectivity index (χ1) is 14.7. The summed E-state index contributed by atoms with van der Waals surface area (Å²) < 4.78 is 7.20. The molecule has 4 aromatic rings. The second-order valence-electron chi connectivity index (χ2n) is 6.64. The van der Waals surface area contributed by atoms with E-state index in [0.29, 0.717) is 16.8 Å². The van der Waals surface area contributed by atoms with E-state index in [2.05, 4.69) is 51.7 Å². The molecule has 0 bridgehead atoms. The van der Waals surface area contributed by atoms with Crippen LogP contribution in [0.5, 0.6) is 0 Å². The monoisotopic (exact) mass is 439 g/mol. The van der Waals surface area contributed by atoms with Crippen molar-refractivity contribution in [2.45, 2.75) is 31.5 Å². The zero-order valence-corrected chi connectivity index (χ0v) is 18.1. The van der Waals surface area contributed by atoms with Gasteiger partial charge < -0.3 is 14.3 Å². The summed E-state index contributed by atoms with van der Waals surface area (Å²) >= 11 is 2.74. The van der Waals surface area contributed by atoms with Crippen LogP contribution in [0.3, 0.4) is 0 Å². The molecule has 4 rings (SSSR count). The van der Waals surface area contributed by atoms with Gasteiger partial charge in [-0.25, -0.2) is 4.98 Å². The Labute approximate surface area is 182 Å². The molecule has 3 heterocycles. The van der Waals surface area contributed by atoms with E-state index in [1.54, 1.807) is 12.6 Å². The number of nitrogens with zero attached hydrogens (tertiary/aromatic N) is 4. The first-order valence-electron chi connectivity index (χ1n) is 9.59. The smallest absolute Gasteiger partial charge is 0.236 e. The lowest BCUT2D eigenvalue weighted by molar-refractivity contribution is -0.113. The van der Waals surface area contributed by atoms with Crippen LogP contribution >= 0.6 is 23.1 Å². The van der Waals surface area contributed by atoms with Gasteiger partial charge in [-0.3, -0.25) is 4.79 Å². The normalized spacial score (nSPS) is 11.0. The van der Waals surface area contributed by atoms with Crippen molar-refractivity contribution >= 4 is 34.1 Å². The van der Waals surface area contributed by atoms with Crippen molar-refractivity contribution in [2.24, 2.45) is 0 Å². The Bertz CT molecular complexity index is 1090. The number of carbonyl (C=O) groups is 1. The lowest BCUT2D eigenvalue weighted by Gasteiger charge is -2.04. The van der Waals surface area contributed by atoms with Crippen molar-refractivity contribution in [3.8, 4) is 11.3 Å². The summed E-state index contributed by atoms with van der Waals surface area (Å²) in [6.45, 7) is 2.70. The first kappa shape index (κ1) is 20.4. The number of anilines is 1. The number of aryl methyl sites for hydroxylation is 1. The van der Waals surface area contributed by atoms with Crippen molar-refractivity contribution in [3.05, 3.63) is 65.7 Å². The third-order valence-corrected chi connectivity index (χ3v) is 6.10. The fourth-order valence-corrected chi connectivity index (χ4v) is 4.37. The van der Waals surface area contributed by atoms with Crippen molar-refractivity contribution in [3.63, 3.8) is 0 Å². The third-order valence-electron chi connectivity index (χ3n) is 4.36. The van der Waals surface area contributed by atoms with Gasteiger partial charge in [-0.05, 0) is 24.1 Å². The van der Waals surface area contributed by atoms with Crippen molar-refractivity contribution in [2.75, 3.05) is 11.1 Å². The SMILES string of the molecule is CCCc1ccc(-c2csc(NC(=O)CSc3nncn3Cc3ccco3)n2)cc1. The maximum absolute atomic E-state index is 12.4. The number of hydrogen-bond acceptors (Lipinski definition) is 7. The number of furan rings is 1. The van der Waals surface area contributed by atoms with Gasteiger partial charge in [-0.1, -0.05) is 49.4 Å². The molecule has 9 heteroatoms. The Morgan fingerprint density at radius 2 is 2.13 bits per heavy atom. The number of thiazole rings is 1. The fourth-order valence-electron chi connectivity index (χ4n) is 2.92. The lowest BCUT2D eigenvalue weighted by atomic mass is 10.1. The van der Waals surface area contributed by atoms with E-state index in [1.165, 1.54) is 28.7 Å². The van der Waals surface area contributed by atoms with Crippen LogP contribution in [0.4, 0.5) is 5.13 Å². The minimum absolute atomic E-state index is 0.133. The molecule has 30 heavy (non-hydrogen) atoms. The quantitative estimate of drug-likeness (QED) is 0.380. The van der Waals surface area contributed by atoms with Crippen LogP contribution in [0.25, 0.3) is 11.3 Å². The predicted octanol–water partition coefficient (Wildman–Crippen LogP) is 4.73. The zero-order chi connectivity index (χ0) is 20.8. The van der Waals surface area contributed by atoms with E-state index in [4.69, 9.17) is 4.42 Å². The minimum atomic E-state index is -0.133. The van der Waals surface area contributed by atoms with Crippen LogP contribution < -0.4 is 5.32 Å². The average Bonchev–Trinajstić information content (AvgIpc) is 3.51. The molecule has 0 radical (unpaired) electrons. The number of benzene rings is 1. The van der Waals surface area contributed by atoms with Gasteiger partial charge in [0, 0.05) is 10.9 Å². The van der Waals surface area contributed by atoms with Gasteiger partial charge in [-0.15, -0.1) is 21.5 Å². The summed E-state index contributed by atoms with van der Waals surface area (Å²) in [6.07, 6.45) is 5.46. The summed E-state index contributed by atoms with van der Waals surface area (Å²) in [5.41, 5.74) is 3.23. The Balaban J connectivity index is 1.31. The number of amides is 1. The summed E-state index contributed by atoms with van der Waals surface area (Å²) in [7, 11) is 0. The topological polar surface area (TPSA) is 85.8 Å². The van der Waals surface area contributed by atoms with Gasteiger partial charge in [0.05, 0.1) is 24.3 Å². The lowest BCUT2D eigenvalue weighted by Crippen LogP contribution is -2.14. The molecular formula is C21H21N5O2S2. The van der Waals surface area contributed by atoms with Gasteiger partial charge in [0.1, 0.15) is 12.1 Å². The Kier molecular flexibility index (Phi) is 6.60. The van der Waals surface area contributed by atoms with Crippen molar-refractivity contribution in [1.29, 1.82) is 0 Å². The van der Waals surface area contributed by atoms with Crippen LogP contribution in [0.15, 0.2) is 63.9 Å². The Morgan fingerprint density at radius 3 is 2.90 bits per heavy atom. The van der Waals surface area contributed by atoms with E-state index < -0.39 is 0 Å². The van der Waals surface area contributed by atoms with Crippen LogP contribution in [0.2, 0.25) is 0 Å². The molecular weight excluding hydrogens is 418 g/mol. The molecule has 1 aromatic carbocycles. The van der Waals surface area contributed by atoms with E-state index in [1.807, 2.05) is 22.1 Å². The first-order valence-corrected chi connectivity index (χ1v) is 11.5. The highest BCUT2D eigenvalue weighted by Crippen LogP contribution is 2.26. The highest BCUT2D eigenvalue weighted by Gasteiger charge is 2.12. The second kappa shape index (κ2) is 9.73. The minimum Gasteiger partial charge on any atom is -0.467 e. The number of rotatable bonds is 9. The standard InChI is InChI=1S/C21H21N5O2S2/c1-2-4-15-6-8-16(9-7-15)18-12-29-20(23-18)24-19(27)13-30-21-25-22-14-26(21)11-17-5-3-10-28-17/h3,5-10,12,14H,2,4,11,13H2,1H3,(H,23,24,27). The van der Waals surface area contributed by atoms with Crippen molar-refractivity contribution < 1.29 is 9.21 Å². The van der Waals surface area contributed by atoms with Gasteiger partial charge in [0.15, 0.2) is 10.3 Å². The summed E-state index contributed by atoms with van der Waals surface area (Å²) in [5.74, 6) is 0.892. The van der Waals surface area contributed by atoms with Crippen LogP contribution in [-0.4, -0.2) is 31.4 Å². The molecule has 3 aromatic heterocycles. The van der Waals surface area contributed by atoms with Crippen LogP contribution in [0.1, 0.15) is 24.7 Å². The van der Waals surface area contributed by atoms with Gasteiger partial charge in [0.25, 0.3) is 0 Å². The second-order valence-corrected chi connectivity index (χ2v) is 8.44. The molecule has 1 amide bonds. The molecule has 0 aliphatic heterocycles. The van der Waals surface area contributed by atoms with Gasteiger partial charge in [-0.2, -0.15) is 0 Å². The van der Waals surface area contributed by atoms with Gasteiger partial charge >= 0.3 is 0 Å². The summed E-state index contributed by atoms with van der Waals surface area (Å²) in [5, 5.41) is 14.1. The summed E-state index contributed by atoms with van der Waals surface area (Å²) in [4.78, 5) is 16.9. The van der Waals surface area contributed by atoms with E-state index in [0.717, 1.165) is 29.9 Å². The molecule has 0 fully saturated rings. The highest BCUT2D eigenvalue weighted by atomic mass is 32.2. The number of thioether (sulfide) groups is 1. The molecule has 0 aliphatic rings. The van der Waals surface area contributed by atoms with Gasteiger partial charge in [0.2, 0.25) is 5.91 Å². The number of carbonyl (C=O) groups excluding carboxylic acids is 1. The Hall–Kier alpha value is -2.91. The molecule has 0 saturated carbocycles. The maximum Gasteiger partial charge on any atom is 0.236 e. The van der Waals surface area contributed by atoms with Crippen LogP contribution in [-0.2, 0) is 17.8 Å². The van der Waals surface area contributed by atoms with E-state index >= 15 is 0 Å². The molecule has 0 spiro atoms. The molecule has 0 saturated heterocycles. The third kappa shape index (κ3) is 5.17. The molecule has 0 atom stereocenters. The molecule has 0 unspecified atom stereocenters. The fraction of sp³-hybridized carbons (Fsp3) is 0.238. The summed E-state index contributed by atoms with van der Waals surface area (Å²) in [6, 6.07) is 12.1. The molecule has 7 nitrogen and oxygen atoms in total. The number of aromatic nitrogens is 4. The average molecular weight is 440 g/mol. The number of hydrogen-bond donors (Lipinski definition) is 1. The highest BCUT2D eigenvalue weighted by molar-refractivity contribution is 7.99. The largest absolute Gasteiger partial charge is 0.467 e. The maximum atomic E-state index is 12.4. The molecule has 1 N–H and O–H groups in total. The number of nitrogens with one attached hydrogen (secondary N) is 1. The van der Waals surface area contributed by atoms with Crippen LogP contribution in [0, 0.1) is 0 Å². The predicted molar refractivity (Wildman–Crippen MR) is 119 cm³/mol. The van der Waals surface area contributed by atoms with E-state index in [-0.39, 0.29) is 11.7 Å². The Morgan fingerprint density at radius 1 is 1.27 bits per heavy atom. The van der Waals surface area contributed by atoms with E-state index in [9.17, 15) is 4.79 Å². The zero-order valence-electron chi connectivity index (χ0n) is 16.4. The van der Waals surface area contributed by atoms with Crippen molar-refractivity contribution in [1.82, 2.24) is 19.7 Å². The molecule has 154 valence electrons. The molecule has 0 aliphatic carbocycles.